The minimum atomic E-state index is -3.46. The Hall–Kier alpha value is -2.34. The molecule has 0 aromatic heterocycles. The largest absolute Gasteiger partial charge is 0.423 e. The standard InChI is InChI=1S/C15H15NO4S/c1-16(21(2,18)19)14-11-7-6-10-13(14)15(17)20-12-8-4-3-5-9-12/h3-11H,1-2H3. The van der Waals surface area contributed by atoms with E-state index in [1.807, 2.05) is 6.07 Å². The Balaban J connectivity index is 2.34. The molecule has 0 aliphatic carbocycles. The molecule has 5 nitrogen and oxygen atoms in total. The van der Waals surface area contributed by atoms with Gasteiger partial charge in [0, 0.05) is 7.05 Å². The number of benzene rings is 2. The van der Waals surface area contributed by atoms with Crippen LogP contribution in [0, 0.1) is 0 Å². The van der Waals surface area contributed by atoms with Crippen molar-refractivity contribution in [2.75, 3.05) is 17.6 Å². The molecule has 0 amide bonds. The number of hydrogen-bond donors (Lipinski definition) is 0. The Bertz CT molecular complexity index is 741. The molecule has 0 saturated heterocycles. The highest BCUT2D eigenvalue weighted by Gasteiger charge is 2.20. The van der Waals surface area contributed by atoms with Crippen molar-refractivity contribution in [2.24, 2.45) is 0 Å². The highest BCUT2D eigenvalue weighted by atomic mass is 32.2. The number of sulfonamides is 1. The maximum absolute atomic E-state index is 12.2. The van der Waals surface area contributed by atoms with Crippen molar-refractivity contribution < 1.29 is 17.9 Å². The van der Waals surface area contributed by atoms with E-state index in [-0.39, 0.29) is 11.3 Å². The van der Waals surface area contributed by atoms with Gasteiger partial charge in [-0.15, -0.1) is 0 Å². The summed E-state index contributed by atoms with van der Waals surface area (Å²) in [5.74, 6) is -0.202. The van der Waals surface area contributed by atoms with Gasteiger partial charge in [0.1, 0.15) is 5.75 Å². The average Bonchev–Trinajstić information content (AvgIpc) is 2.46. The van der Waals surface area contributed by atoms with Crippen molar-refractivity contribution in [3.8, 4) is 5.75 Å². The van der Waals surface area contributed by atoms with Gasteiger partial charge in [0.15, 0.2) is 0 Å². The van der Waals surface area contributed by atoms with Gasteiger partial charge in [-0.25, -0.2) is 13.2 Å². The van der Waals surface area contributed by atoms with Crippen molar-refractivity contribution in [1.82, 2.24) is 0 Å². The van der Waals surface area contributed by atoms with Crippen LogP contribution in [0.2, 0.25) is 0 Å². The topological polar surface area (TPSA) is 63.7 Å². The summed E-state index contributed by atoms with van der Waals surface area (Å²) in [6.45, 7) is 0. The van der Waals surface area contributed by atoms with Crippen LogP contribution in [0.5, 0.6) is 5.75 Å². The summed E-state index contributed by atoms with van der Waals surface area (Å²) in [5.41, 5.74) is 0.468. The molecule has 0 spiro atoms. The molecular formula is C15H15NO4S. The molecule has 0 unspecified atom stereocenters. The van der Waals surface area contributed by atoms with E-state index < -0.39 is 16.0 Å². The molecule has 2 aromatic rings. The van der Waals surface area contributed by atoms with Crippen LogP contribution < -0.4 is 9.04 Å². The molecule has 0 saturated carbocycles. The summed E-state index contributed by atoms with van der Waals surface area (Å²) in [6.07, 6.45) is 1.08. The number of carbonyl (C=O) groups is 1. The van der Waals surface area contributed by atoms with Crippen LogP contribution in [-0.4, -0.2) is 27.7 Å². The van der Waals surface area contributed by atoms with Gasteiger partial charge in [0.05, 0.1) is 17.5 Å². The summed E-state index contributed by atoms with van der Waals surface area (Å²) in [5, 5.41) is 0. The zero-order valence-electron chi connectivity index (χ0n) is 11.7. The maximum Gasteiger partial charge on any atom is 0.345 e. The Kier molecular flexibility index (Phi) is 4.28. The van der Waals surface area contributed by atoms with E-state index in [0.717, 1.165) is 10.6 Å². The summed E-state index contributed by atoms with van der Waals surface area (Å²) in [7, 11) is -2.07. The fourth-order valence-corrected chi connectivity index (χ4v) is 2.27. The Morgan fingerprint density at radius 1 is 1.00 bits per heavy atom. The van der Waals surface area contributed by atoms with Crippen LogP contribution in [0.1, 0.15) is 10.4 Å². The van der Waals surface area contributed by atoms with Crippen LogP contribution in [0.3, 0.4) is 0 Å². The molecule has 0 aliphatic rings. The first-order valence-corrected chi connectivity index (χ1v) is 8.04. The molecule has 2 rings (SSSR count). The molecule has 0 fully saturated rings. The van der Waals surface area contributed by atoms with E-state index in [1.165, 1.54) is 13.1 Å². The molecule has 0 aliphatic heterocycles. The zero-order valence-corrected chi connectivity index (χ0v) is 12.5. The molecule has 21 heavy (non-hydrogen) atoms. The van der Waals surface area contributed by atoms with Crippen molar-refractivity contribution >= 4 is 21.7 Å². The maximum atomic E-state index is 12.2. The van der Waals surface area contributed by atoms with Gasteiger partial charge in [-0.2, -0.15) is 0 Å². The van der Waals surface area contributed by atoms with E-state index in [2.05, 4.69) is 0 Å². The summed E-state index contributed by atoms with van der Waals surface area (Å²) >= 11 is 0. The number of carbonyl (C=O) groups excluding carboxylic acids is 1. The first-order valence-electron chi connectivity index (χ1n) is 6.20. The van der Waals surface area contributed by atoms with Gasteiger partial charge in [-0.3, -0.25) is 4.31 Å². The first kappa shape index (κ1) is 15.1. The highest BCUT2D eigenvalue weighted by molar-refractivity contribution is 7.92. The fraction of sp³-hybridized carbons (Fsp3) is 0.133. The SMILES string of the molecule is CN(c1ccccc1C(=O)Oc1ccccc1)S(C)(=O)=O. The number of rotatable bonds is 4. The van der Waals surface area contributed by atoms with E-state index in [9.17, 15) is 13.2 Å². The van der Waals surface area contributed by atoms with Crippen molar-refractivity contribution in [1.29, 1.82) is 0 Å². The predicted molar refractivity (Wildman–Crippen MR) is 81.1 cm³/mol. The number of nitrogens with zero attached hydrogens (tertiary/aromatic N) is 1. The van der Waals surface area contributed by atoms with Crippen LogP contribution in [0.15, 0.2) is 54.6 Å². The second kappa shape index (κ2) is 5.97. The average molecular weight is 305 g/mol. The number of esters is 1. The Morgan fingerprint density at radius 2 is 1.57 bits per heavy atom. The normalized spacial score (nSPS) is 11.0. The van der Waals surface area contributed by atoms with Crippen LogP contribution in [0.25, 0.3) is 0 Å². The Morgan fingerprint density at radius 3 is 2.19 bits per heavy atom. The highest BCUT2D eigenvalue weighted by Crippen LogP contribution is 2.23. The lowest BCUT2D eigenvalue weighted by Gasteiger charge is -2.19. The molecule has 6 heteroatoms. The minimum Gasteiger partial charge on any atom is -0.423 e. The minimum absolute atomic E-state index is 0.189. The molecule has 0 atom stereocenters. The fourth-order valence-electron chi connectivity index (χ4n) is 1.75. The van der Waals surface area contributed by atoms with Gasteiger partial charge >= 0.3 is 5.97 Å². The van der Waals surface area contributed by atoms with Gasteiger partial charge in [-0.1, -0.05) is 30.3 Å². The Labute approximate surface area is 123 Å². The van der Waals surface area contributed by atoms with Crippen molar-refractivity contribution in [2.45, 2.75) is 0 Å². The predicted octanol–water partition coefficient (Wildman–Crippen LogP) is 2.30. The molecule has 0 N–H and O–H groups in total. The quantitative estimate of drug-likeness (QED) is 0.642. The third kappa shape index (κ3) is 3.61. The number of ether oxygens (including phenoxy) is 1. The summed E-state index contributed by atoms with van der Waals surface area (Å²) in [6, 6.07) is 15.0. The van der Waals surface area contributed by atoms with E-state index in [0.29, 0.717) is 5.75 Å². The molecule has 2 aromatic carbocycles. The number of anilines is 1. The molecule has 0 bridgehead atoms. The lowest BCUT2D eigenvalue weighted by atomic mass is 10.2. The van der Waals surface area contributed by atoms with Crippen LogP contribution in [-0.2, 0) is 10.0 Å². The van der Waals surface area contributed by atoms with Crippen molar-refractivity contribution in [3.63, 3.8) is 0 Å². The van der Waals surface area contributed by atoms with Gasteiger partial charge in [-0.05, 0) is 24.3 Å². The number of para-hydroxylation sites is 2. The summed E-state index contributed by atoms with van der Waals surface area (Å²) in [4.78, 5) is 12.2. The second-order valence-corrected chi connectivity index (χ2v) is 6.46. The van der Waals surface area contributed by atoms with Gasteiger partial charge in [0.25, 0.3) is 0 Å². The molecular weight excluding hydrogens is 290 g/mol. The molecule has 0 heterocycles. The zero-order chi connectivity index (χ0) is 15.5. The van der Waals surface area contributed by atoms with Crippen LogP contribution >= 0.6 is 0 Å². The van der Waals surface area contributed by atoms with E-state index in [4.69, 9.17) is 4.74 Å². The van der Waals surface area contributed by atoms with Gasteiger partial charge < -0.3 is 4.74 Å². The summed E-state index contributed by atoms with van der Waals surface area (Å²) < 4.78 is 29.6. The van der Waals surface area contributed by atoms with E-state index in [1.54, 1.807) is 42.5 Å². The lowest BCUT2D eigenvalue weighted by Crippen LogP contribution is -2.27. The second-order valence-electron chi connectivity index (χ2n) is 4.45. The smallest absolute Gasteiger partial charge is 0.345 e. The molecule has 0 radical (unpaired) electrons. The number of hydrogen-bond acceptors (Lipinski definition) is 4. The third-order valence-corrected chi connectivity index (χ3v) is 4.11. The molecule has 110 valence electrons. The lowest BCUT2D eigenvalue weighted by molar-refractivity contribution is 0.0735. The third-order valence-electron chi connectivity index (χ3n) is 2.91. The monoisotopic (exact) mass is 305 g/mol. The first-order chi connectivity index (χ1) is 9.89. The van der Waals surface area contributed by atoms with Crippen LogP contribution in [0.4, 0.5) is 5.69 Å². The van der Waals surface area contributed by atoms with Gasteiger partial charge in [0.2, 0.25) is 10.0 Å². The van der Waals surface area contributed by atoms with E-state index >= 15 is 0 Å². The van der Waals surface area contributed by atoms with Crippen molar-refractivity contribution in [3.05, 3.63) is 60.2 Å².